The van der Waals surface area contributed by atoms with Crippen LogP contribution in [0.15, 0.2) is 53.5 Å². The fourth-order valence-electron chi connectivity index (χ4n) is 2.82. The Morgan fingerprint density at radius 3 is 2.78 bits per heavy atom. The molecule has 0 spiro atoms. The quantitative estimate of drug-likeness (QED) is 0.765. The van der Waals surface area contributed by atoms with Gasteiger partial charge in [-0.3, -0.25) is 9.20 Å². The molecule has 2 heterocycles. The van der Waals surface area contributed by atoms with E-state index in [-0.39, 0.29) is 11.9 Å². The molecule has 1 aliphatic carbocycles. The van der Waals surface area contributed by atoms with Crippen molar-refractivity contribution in [3.05, 3.63) is 64.8 Å². The molecule has 116 valence electrons. The Morgan fingerprint density at radius 2 is 2.04 bits per heavy atom. The maximum Gasteiger partial charge on any atom is 0.274 e. The number of nitrogens with one attached hydrogen (secondary N) is 1. The SMILES string of the molecule is O=C(N[C@@H](c1ccccc1)C1CC1)c1nccn2c(Br)cnc12. The standard InChI is InChI=1S/C17H15BrN4O/c18-13-10-20-16-15(19-8-9-22(13)16)17(23)21-14(12-6-7-12)11-4-2-1-3-5-11/h1-5,8-10,12,14H,6-7H2,(H,21,23)/t14-/m0/s1. The van der Waals surface area contributed by atoms with E-state index in [1.54, 1.807) is 23.0 Å². The van der Waals surface area contributed by atoms with Crippen LogP contribution >= 0.6 is 15.9 Å². The Bertz CT molecular complexity index is 857. The number of aromatic nitrogens is 3. The van der Waals surface area contributed by atoms with Crippen molar-refractivity contribution in [2.45, 2.75) is 18.9 Å². The molecular formula is C17H15BrN4O. The maximum absolute atomic E-state index is 12.7. The highest BCUT2D eigenvalue weighted by Crippen LogP contribution is 2.41. The summed E-state index contributed by atoms with van der Waals surface area (Å²) in [4.78, 5) is 21.2. The van der Waals surface area contributed by atoms with Crippen molar-refractivity contribution in [1.29, 1.82) is 0 Å². The lowest BCUT2D eigenvalue weighted by Crippen LogP contribution is -2.31. The molecule has 1 aromatic carbocycles. The number of benzene rings is 1. The van der Waals surface area contributed by atoms with E-state index in [2.05, 4.69) is 43.3 Å². The van der Waals surface area contributed by atoms with Crippen LogP contribution in [0.25, 0.3) is 5.65 Å². The molecule has 4 rings (SSSR count). The van der Waals surface area contributed by atoms with E-state index in [4.69, 9.17) is 0 Å². The predicted octanol–water partition coefficient (Wildman–Crippen LogP) is 3.37. The van der Waals surface area contributed by atoms with Gasteiger partial charge < -0.3 is 5.32 Å². The molecule has 1 saturated carbocycles. The minimum Gasteiger partial charge on any atom is -0.343 e. The summed E-state index contributed by atoms with van der Waals surface area (Å²) in [6.07, 6.45) is 7.35. The Hall–Kier alpha value is -2.21. The van der Waals surface area contributed by atoms with Gasteiger partial charge in [0.05, 0.1) is 12.2 Å². The molecule has 0 aliphatic heterocycles. The van der Waals surface area contributed by atoms with Gasteiger partial charge in [-0.25, -0.2) is 9.97 Å². The number of imidazole rings is 1. The van der Waals surface area contributed by atoms with Gasteiger partial charge in [0.1, 0.15) is 4.60 Å². The molecule has 1 fully saturated rings. The van der Waals surface area contributed by atoms with Crippen LogP contribution < -0.4 is 5.32 Å². The van der Waals surface area contributed by atoms with Crippen LogP contribution in [0.2, 0.25) is 0 Å². The molecule has 1 aliphatic rings. The van der Waals surface area contributed by atoms with Gasteiger partial charge in [-0.05, 0) is 40.3 Å². The molecular weight excluding hydrogens is 356 g/mol. The number of carbonyl (C=O) groups excluding carboxylic acids is 1. The van der Waals surface area contributed by atoms with Crippen molar-refractivity contribution in [1.82, 2.24) is 19.7 Å². The average Bonchev–Trinajstić information content (AvgIpc) is 3.36. The molecule has 6 heteroatoms. The fraction of sp³-hybridized carbons (Fsp3) is 0.235. The molecule has 1 N–H and O–H groups in total. The summed E-state index contributed by atoms with van der Waals surface area (Å²) in [6.45, 7) is 0. The zero-order valence-electron chi connectivity index (χ0n) is 12.3. The van der Waals surface area contributed by atoms with Crippen molar-refractivity contribution >= 4 is 27.5 Å². The molecule has 1 amide bonds. The second-order valence-electron chi connectivity index (χ2n) is 5.75. The van der Waals surface area contributed by atoms with Crippen molar-refractivity contribution in [2.24, 2.45) is 5.92 Å². The van der Waals surface area contributed by atoms with Crippen LogP contribution in [0.4, 0.5) is 0 Å². The minimum absolute atomic E-state index is 0.0316. The number of rotatable bonds is 4. The number of nitrogens with zero attached hydrogens (tertiary/aromatic N) is 3. The van der Waals surface area contributed by atoms with Crippen LogP contribution in [-0.2, 0) is 0 Å². The van der Waals surface area contributed by atoms with Gasteiger partial charge in [-0.1, -0.05) is 30.3 Å². The smallest absolute Gasteiger partial charge is 0.274 e. The molecule has 1 atom stereocenters. The molecule has 0 radical (unpaired) electrons. The average molecular weight is 371 g/mol. The van der Waals surface area contributed by atoms with E-state index in [0.29, 0.717) is 17.3 Å². The van der Waals surface area contributed by atoms with Crippen LogP contribution in [0, 0.1) is 5.92 Å². The summed E-state index contributed by atoms with van der Waals surface area (Å²) < 4.78 is 2.60. The van der Waals surface area contributed by atoms with Crippen molar-refractivity contribution in [3.8, 4) is 0 Å². The number of halogens is 1. The third kappa shape index (κ3) is 2.74. The summed E-state index contributed by atoms with van der Waals surface area (Å²) >= 11 is 3.41. The van der Waals surface area contributed by atoms with Gasteiger partial charge in [0, 0.05) is 12.4 Å². The number of fused-ring (bicyclic) bond motifs is 1. The molecule has 23 heavy (non-hydrogen) atoms. The Kier molecular flexibility index (Phi) is 3.61. The third-order valence-electron chi connectivity index (χ3n) is 4.14. The zero-order valence-corrected chi connectivity index (χ0v) is 13.9. The highest BCUT2D eigenvalue weighted by molar-refractivity contribution is 9.10. The van der Waals surface area contributed by atoms with E-state index in [9.17, 15) is 4.79 Å². The van der Waals surface area contributed by atoms with E-state index in [1.165, 1.54) is 0 Å². The summed E-state index contributed by atoms with van der Waals surface area (Å²) in [5, 5.41) is 3.14. The van der Waals surface area contributed by atoms with Crippen LogP contribution in [0.5, 0.6) is 0 Å². The Labute approximate surface area is 141 Å². The Balaban J connectivity index is 1.65. The lowest BCUT2D eigenvalue weighted by Gasteiger charge is -2.18. The highest BCUT2D eigenvalue weighted by atomic mass is 79.9. The van der Waals surface area contributed by atoms with E-state index < -0.39 is 0 Å². The second-order valence-corrected chi connectivity index (χ2v) is 6.56. The van der Waals surface area contributed by atoms with Crippen LogP contribution in [-0.4, -0.2) is 20.3 Å². The van der Waals surface area contributed by atoms with Crippen molar-refractivity contribution in [2.75, 3.05) is 0 Å². The number of amides is 1. The molecule has 2 aromatic heterocycles. The first-order valence-electron chi connectivity index (χ1n) is 7.57. The molecule has 3 aromatic rings. The summed E-state index contributed by atoms with van der Waals surface area (Å²) in [5.41, 5.74) is 2.04. The monoisotopic (exact) mass is 370 g/mol. The normalized spacial score (nSPS) is 15.5. The van der Waals surface area contributed by atoms with Crippen molar-refractivity contribution < 1.29 is 4.79 Å². The third-order valence-corrected chi connectivity index (χ3v) is 4.72. The second kappa shape index (κ2) is 5.77. The van der Waals surface area contributed by atoms with Gasteiger partial charge in [0.15, 0.2) is 11.3 Å². The first-order chi connectivity index (χ1) is 11.2. The first kappa shape index (κ1) is 14.4. The molecule has 0 saturated heterocycles. The molecule has 0 unspecified atom stereocenters. The largest absolute Gasteiger partial charge is 0.343 e. The van der Waals surface area contributed by atoms with Crippen LogP contribution in [0.1, 0.15) is 34.9 Å². The number of hydrogen-bond donors (Lipinski definition) is 1. The van der Waals surface area contributed by atoms with Crippen molar-refractivity contribution in [3.63, 3.8) is 0 Å². The summed E-state index contributed by atoms with van der Waals surface area (Å²) in [6, 6.07) is 10.1. The molecule has 0 bridgehead atoms. The summed E-state index contributed by atoms with van der Waals surface area (Å²) in [7, 11) is 0. The van der Waals surface area contributed by atoms with Gasteiger partial charge in [-0.15, -0.1) is 0 Å². The zero-order chi connectivity index (χ0) is 15.8. The highest BCUT2D eigenvalue weighted by Gasteiger charge is 2.34. The van der Waals surface area contributed by atoms with E-state index >= 15 is 0 Å². The van der Waals surface area contributed by atoms with E-state index in [1.807, 2.05) is 18.2 Å². The predicted molar refractivity (Wildman–Crippen MR) is 90.1 cm³/mol. The van der Waals surface area contributed by atoms with Gasteiger partial charge in [-0.2, -0.15) is 0 Å². The minimum atomic E-state index is -0.186. The van der Waals surface area contributed by atoms with Gasteiger partial charge >= 0.3 is 0 Å². The fourth-order valence-corrected chi connectivity index (χ4v) is 3.21. The maximum atomic E-state index is 12.7. The lowest BCUT2D eigenvalue weighted by atomic mass is 10.0. The van der Waals surface area contributed by atoms with Crippen LogP contribution in [0.3, 0.4) is 0 Å². The van der Waals surface area contributed by atoms with Gasteiger partial charge in [0.2, 0.25) is 0 Å². The first-order valence-corrected chi connectivity index (χ1v) is 8.37. The number of hydrogen-bond acceptors (Lipinski definition) is 3. The molecule has 5 nitrogen and oxygen atoms in total. The lowest BCUT2D eigenvalue weighted by molar-refractivity contribution is 0.0928. The summed E-state index contributed by atoms with van der Waals surface area (Å²) in [5.74, 6) is 0.321. The van der Waals surface area contributed by atoms with E-state index in [0.717, 1.165) is 23.0 Å². The Morgan fingerprint density at radius 1 is 1.26 bits per heavy atom. The van der Waals surface area contributed by atoms with Gasteiger partial charge in [0.25, 0.3) is 5.91 Å². The topological polar surface area (TPSA) is 59.3 Å². The number of carbonyl (C=O) groups is 1.